The lowest BCUT2D eigenvalue weighted by atomic mass is 10.0. The molecule has 0 heterocycles. The molecular weight excluding hydrogens is 336 g/mol. The van der Waals surface area contributed by atoms with Crippen molar-refractivity contribution < 1.29 is 13.2 Å². The number of nitrogens with one attached hydrogen (secondary N) is 1. The van der Waals surface area contributed by atoms with Crippen molar-refractivity contribution in [2.45, 2.75) is 38.0 Å². The maximum absolute atomic E-state index is 12.7. The number of rotatable bonds is 7. The van der Waals surface area contributed by atoms with Crippen LogP contribution < -0.4 is 15.2 Å². The van der Waals surface area contributed by atoms with Gasteiger partial charge >= 0.3 is 0 Å². The Morgan fingerprint density at radius 2 is 1.80 bits per heavy atom. The molecule has 0 aliphatic rings. The van der Waals surface area contributed by atoms with Gasteiger partial charge in [0.2, 0.25) is 10.0 Å². The zero-order valence-electron chi connectivity index (χ0n) is 15.2. The average Bonchev–Trinajstić information content (AvgIpc) is 2.55. The molecule has 0 fully saturated rings. The smallest absolute Gasteiger partial charge is 0.240 e. The molecule has 2 rings (SSSR count). The summed E-state index contributed by atoms with van der Waals surface area (Å²) >= 11 is 0. The van der Waals surface area contributed by atoms with E-state index in [1.807, 2.05) is 38.1 Å². The first-order chi connectivity index (χ1) is 11.7. The summed E-state index contributed by atoms with van der Waals surface area (Å²) in [6, 6.07) is 10.9. The number of aryl methyl sites for hydroxylation is 1. The molecule has 3 N–H and O–H groups in total. The molecule has 0 saturated carbocycles. The molecule has 0 unspecified atom stereocenters. The number of sulfonamides is 1. The van der Waals surface area contributed by atoms with Gasteiger partial charge in [0.1, 0.15) is 5.75 Å². The Morgan fingerprint density at radius 1 is 1.16 bits per heavy atom. The summed E-state index contributed by atoms with van der Waals surface area (Å²) in [4.78, 5) is 0.300. The van der Waals surface area contributed by atoms with Crippen molar-refractivity contribution in [3.05, 3.63) is 53.1 Å². The second-order valence-corrected chi connectivity index (χ2v) is 8.14. The van der Waals surface area contributed by atoms with Crippen LogP contribution in [0.3, 0.4) is 0 Å². The van der Waals surface area contributed by atoms with Gasteiger partial charge < -0.3 is 10.5 Å². The van der Waals surface area contributed by atoms with E-state index in [1.165, 1.54) is 0 Å². The van der Waals surface area contributed by atoms with Crippen LogP contribution in [-0.4, -0.2) is 22.1 Å². The van der Waals surface area contributed by atoms with Crippen LogP contribution in [0, 0.1) is 6.92 Å². The number of hydrogen-bond acceptors (Lipinski definition) is 4. The van der Waals surface area contributed by atoms with E-state index in [0.717, 1.165) is 11.1 Å². The van der Waals surface area contributed by atoms with E-state index in [4.69, 9.17) is 10.5 Å². The van der Waals surface area contributed by atoms with Gasteiger partial charge in [0, 0.05) is 12.2 Å². The highest BCUT2D eigenvalue weighted by Gasteiger charge is 2.20. The minimum Gasteiger partial charge on any atom is -0.496 e. The van der Waals surface area contributed by atoms with Gasteiger partial charge in [-0.1, -0.05) is 26.0 Å². The van der Waals surface area contributed by atoms with Crippen LogP contribution in [0.4, 0.5) is 5.69 Å². The van der Waals surface area contributed by atoms with Crippen molar-refractivity contribution in [2.24, 2.45) is 0 Å². The second kappa shape index (κ2) is 7.89. The van der Waals surface area contributed by atoms with E-state index in [1.54, 1.807) is 26.2 Å². The van der Waals surface area contributed by atoms with Gasteiger partial charge in [-0.15, -0.1) is 0 Å². The largest absolute Gasteiger partial charge is 0.496 e. The molecule has 0 atom stereocenters. The quantitative estimate of drug-likeness (QED) is 0.741. The number of benzene rings is 2. The Labute approximate surface area is 150 Å². The number of ether oxygens (including phenoxy) is 1. The lowest BCUT2D eigenvalue weighted by Gasteiger charge is -2.16. The molecule has 6 heteroatoms. The van der Waals surface area contributed by atoms with Gasteiger partial charge in [0.05, 0.1) is 12.0 Å². The van der Waals surface area contributed by atoms with E-state index in [2.05, 4.69) is 4.72 Å². The van der Waals surface area contributed by atoms with Crippen molar-refractivity contribution in [2.75, 3.05) is 19.4 Å². The maximum Gasteiger partial charge on any atom is 0.240 e. The third kappa shape index (κ3) is 4.74. The van der Waals surface area contributed by atoms with E-state index >= 15 is 0 Å². The van der Waals surface area contributed by atoms with Crippen molar-refractivity contribution in [1.82, 2.24) is 4.72 Å². The fourth-order valence-corrected chi connectivity index (χ4v) is 3.98. The highest BCUT2D eigenvalue weighted by molar-refractivity contribution is 7.89. The van der Waals surface area contributed by atoms with Crippen molar-refractivity contribution >= 4 is 15.7 Å². The van der Waals surface area contributed by atoms with Crippen molar-refractivity contribution in [3.63, 3.8) is 0 Å². The standard InChI is InChI=1S/C19H26N2O3S/c1-13(2)17-12-19(14(3)11-18(17)24-4)25(22,23)21-10-9-15-5-7-16(20)8-6-15/h5-8,11-13,21H,9-10,20H2,1-4H3. The fraction of sp³-hybridized carbons (Fsp3) is 0.368. The van der Waals surface area contributed by atoms with Crippen LogP contribution in [0.2, 0.25) is 0 Å². The van der Waals surface area contributed by atoms with Crippen LogP contribution in [0.1, 0.15) is 36.5 Å². The molecule has 0 saturated heterocycles. The fourth-order valence-electron chi connectivity index (χ4n) is 2.69. The first-order valence-electron chi connectivity index (χ1n) is 8.27. The van der Waals surface area contributed by atoms with E-state index in [0.29, 0.717) is 34.9 Å². The molecule has 0 bridgehead atoms. The number of hydrogen-bond donors (Lipinski definition) is 2. The molecule has 0 spiro atoms. The lowest BCUT2D eigenvalue weighted by Crippen LogP contribution is -2.27. The molecule has 5 nitrogen and oxygen atoms in total. The third-order valence-corrected chi connectivity index (χ3v) is 5.73. The summed E-state index contributed by atoms with van der Waals surface area (Å²) in [6.07, 6.45) is 0.603. The Kier molecular flexibility index (Phi) is 6.08. The molecule has 136 valence electrons. The lowest BCUT2D eigenvalue weighted by molar-refractivity contribution is 0.406. The van der Waals surface area contributed by atoms with Gasteiger partial charge in [-0.3, -0.25) is 0 Å². The molecule has 0 radical (unpaired) electrons. The van der Waals surface area contributed by atoms with Crippen molar-refractivity contribution in [3.8, 4) is 5.75 Å². The number of anilines is 1. The van der Waals surface area contributed by atoms with Crippen LogP contribution in [0.15, 0.2) is 41.3 Å². The Bertz CT molecular complexity index is 828. The predicted octanol–water partition coefficient (Wildman–Crippen LogP) is 3.23. The number of nitrogens with two attached hydrogens (primary N) is 1. The van der Waals surface area contributed by atoms with Gasteiger partial charge in [0.25, 0.3) is 0 Å². The summed E-state index contributed by atoms with van der Waals surface area (Å²) in [5, 5.41) is 0. The molecule has 0 amide bonds. The van der Waals surface area contributed by atoms with Crippen LogP contribution in [-0.2, 0) is 16.4 Å². The van der Waals surface area contributed by atoms with Gasteiger partial charge in [-0.2, -0.15) is 0 Å². The summed E-state index contributed by atoms with van der Waals surface area (Å²) in [5.41, 5.74) is 8.93. The van der Waals surface area contributed by atoms with E-state index < -0.39 is 10.0 Å². The molecule has 2 aromatic carbocycles. The van der Waals surface area contributed by atoms with Gasteiger partial charge in [0.15, 0.2) is 0 Å². The number of methoxy groups -OCH3 is 1. The minimum atomic E-state index is -3.58. The predicted molar refractivity (Wildman–Crippen MR) is 102 cm³/mol. The molecule has 0 aromatic heterocycles. The Morgan fingerprint density at radius 3 is 2.36 bits per heavy atom. The van der Waals surface area contributed by atoms with Gasteiger partial charge in [-0.05, 0) is 60.2 Å². The first kappa shape index (κ1) is 19.3. The summed E-state index contributed by atoms with van der Waals surface area (Å²) < 4.78 is 33.5. The van der Waals surface area contributed by atoms with E-state index in [-0.39, 0.29) is 5.92 Å². The van der Waals surface area contributed by atoms with Crippen molar-refractivity contribution in [1.29, 1.82) is 0 Å². The zero-order chi connectivity index (χ0) is 18.6. The third-order valence-electron chi connectivity index (χ3n) is 4.12. The Balaban J connectivity index is 2.18. The summed E-state index contributed by atoms with van der Waals surface area (Å²) in [7, 11) is -1.98. The molecular formula is C19H26N2O3S. The molecule has 0 aliphatic carbocycles. The summed E-state index contributed by atoms with van der Waals surface area (Å²) in [6.45, 7) is 6.13. The van der Waals surface area contributed by atoms with E-state index in [9.17, 15) is 8.42 Å². The van der Waals surface area contributed by atoms with Crippen LogP contribution >= 0.6 is 0 Å². The first-order valence-corrected chi connectivity index (χ1v) is 9.75. The molecule has 25 heavy (non-hydrogen) atoms. The highest BCUT2D eigenvalue weighted by atomic mass is 32.2. The number of nitrogen functional groups attached to an aromatic ring is 1. The highest BCUT2D eigenvalue weighted by Crippen LogP contribution is 2.31. The SMILES string of the molecule is COc1cc(C)c(S(=O)(=O)NCCc2ccc(N)cc2)cc1C(C)C. The average molecular weight is 362 g/mol. The zero-order valence-corrected chi connectivity index (χ0v) is 16.0. The minimum absolute atomic E-state index is 0.166. The molecule has 2 aromatic rings. The topological polar surface area (TPSA) is 81.4 Å². The maximum atomic E-state index is 12.7. The second-order valence-electron chi connectivity index (χ2n) is 6.40. The normalized spacial score (nSPS) is 11.7. The molecule has 0 aliphatic heterocycles. The van der Waals surface area contributed by atoms with Crippen LogP contribution in [0.25, 0.3) is 0 Å². The Hall–Kier alpha value is -2.05. The monoisotopic (exact) mass is 362 g/mol. The summed E-state index contributed by atoms with van der Waals surface area (Å²) in [5.74, 6) is 0.882. The van der Waals surface area contributed by atoms with Crippen LogP contribution in [0.5, 0.6) is 5.75 Å². The van der Waals surface area contributed by atoms with Gasteiger partial charge in [-0.25, -0.2) is 13.1 Å².